The van der Waals surface area contributed by atoms with Gasteiger partial charge in [0.2, 0.25) is 12.5 Å². The summed E-state index contributed by atoms with van der Waals surface area (Å²) in [6, 6.07) is 8.18. The zero-order chi connectivity index (χ0) is 35.7. The molecule has 0 amide bonds. The van der Waals surface area contributed by atoms with Crippen LogP contribution < -0.4 is 23.7 Å². The van der Waals surface area contributed by atoms with Gasteiger partial charge in [0.25, 0.3) is 10.0 Å². The normalized spacial score (nSPS) is 25.2. The number of hydrogen-bond donors (Lipinski definition) is 0. The number of benzene rings is 2. The van der Waals surface area contributed by atoms with Crippen LogP contribution in [0.5, 0.6) is 28.7 Å². The monoisotopic (exact) mass is 726 g/mol. The molecule has 13 heteroatoms. The van der Waals surface area contributed by atoms with E-state index in [4.69, 9.17) is 33.2 Å². The lowest BCUT2D eigenvalue weighted by Gasteiger charge is -2.44. The maximum Gasteiger partial charge on any atom is 0.310 e. The van der Waals surface area contributed by atoms with Crippen LogP contribution in [0.1, 0.15) is 99.3 Å². The quantitative estimate of drug-likeness (QED) is 0.150. The molecule has 0 unspecified atom stereocenters. The fourth-order valence-electron chi connectivity index (χ4n) is 9.13. The maximum absolute atomic E-state index is 13.7. The van der Waals surface area contributed by atoms with Crippen molar-refractivity contribution in [2.75, 3.05) is 47.6 Å². The molecule has 0 radical (unpaired) electrons. The molecule has 0 spiro atoms. The van der Waals surface area contributed by atoms with Gasteiger partial charge in [-0.25, -0.2) is 8.42 Å². The van der Waals surface area contributed by atoms with Crippen molar-refractivity contribution in [2.24, 2.45) is 16.2 Å². The molecule has 0 bridgehead atoms. The molecule has 0 aromatic heterocycles. The Kier molecular flexibility index (Phi) is 10.6. The van der Waals surface area contributed by atoms with E-state index in [9.17, 15) is 13.2 Å². The van der Waals surface area contributed by atoms with Crippen molar-refractivity contribution < 1.29 is 46.4 Å². The average Bonchev–Trinajstić information content (AvgIpc) is 3.76. The molecule has 3 fully saturated rings. The molecule has 2 aromatic rings. The molecule has 51 heavy (non-hydrogen) atoms. The van der Waals surface area contributed by atoms with E-state index in [-0.39, 0.29) is 44.0 Å². The highest BCUT2D eigenvalue weighted by Gasteiger charge is 2.53. The third-order valence-electron chi connectivity index (χ3n) is 11.3. The molecular formula is C38H50N2O10S. The summed E-state index contributed by atoms with van der Waals surface area (Å²) >= 11 is 0. The first-order valence-corrected chi connectivity index (χ1v) is 20.1. The minimum atomic E-state index is -3.67. The first kappa shape index (κ1) is 35.7. The SMILES string of the molecule is COc1cc([C@@H]2c3cc4c(cc3[C@@H](OCCC(=NS(C)(=O)=O)N(C3CCCCC3)C3CCCCC3)[C@H]3COC(=O)[C@H]23)OCO4)cc(OC)c1OC. The molecule has 1 saturated heterocycles. The van der Waals surface area contributed by atoms with Gasteiger partial charge in [-0.2, -0.15) is 4.40 Å². The van der Waals surface area contributed by atoms with Gasteiger partial charge in [0, 0.05) is 30.3 Å². The van der Waals surface area contributed by atoms with Gasteiger partial charge >= 0.3 is 5.97 Å². The zero-order valence-electron chi connectivity index (χ0n) is 30.1. The summed E-state index contributed by atoms with van der Waals surface area (Å²) in [6.07, 6.45) is 12.1. The third kappa shape index (κ3) is 7.20. The molecule has 3 aliphatic carbocycles. The van der Waals surface area contributed by atoms with E-state index in [1.165, 1.54) is 19.1 Å². The average molecular weight is 727 g/mol. The molecule has 2 heterocycles. The zero-order valence-corrected chi connectivity index (χ0v) is 30.9. The number of rotatable bonds is 11. The number of amidine groups is 1. The van der Waals surface area contributed by atoms with E-state index >= 15 is 0 Å². The third-order valence-corrected chi connectivity index (χ3v) is 11.8. The summed E-state index contributed by atoms with van der Waals surface area (Å²) in [5.74, 6) is 1.57. The van der Waals surface area contributed by atoms with Crippen LogP contribution in [-0.4, -0.2) is 84.8 Å². The van der Waals surface area contributed by atoms with Crippen LogP contribution in [0, 0.1) is 11.8 Å². The van der Waals surface area contributed by atoms with Crippen LogP contribution in [0.3, 0.4) is 0 Å². The van der Waals surface area contributed by atoms with Crippen LogP contribution >= 0.6 is 0 Å². The van der Waals surface area contributed by atoms with Crippen molar-refractivity contribution in [3.05, 3.63) is 41.0 Å². The molecule has 2 saturated carbocycles. The molecule has 2 aromatic carbocycles. The number of methoxy groups -OCH3 is 3. The molecule has 0 N–H and O–H groups in total. The Balaban J connectivity index is 1.25. The predicted octanol–water partition coefficient (Wildman–Crippen LogP) is 6.15. The first-order valence-electron chi connectivity index (χ1n) is 18.3. The van der Waals surface area contributed by atoms with E-state index in [0.717, 1.165) is 68.1 Å². The van der Waals surface area contributed by atoms with Gasteiger partial charge in [0.15, 0.2) is 23.0 Å². The highest BCUT2D eigenvalue weighted by molar-refractivity contribution is 7.89. The van der Waals surface area contributed by atoms with Gasteiger partial charge < -0.3 is 38.1 Å². The summed E-state index contributed by atoms with van der Waals surface area (Å²) in [5, 5.41) is 0. The number of hydrogen-bond acceptors (Lipinski definition) is 10. The number of fused-ring (bicyclic) bond motifs is 3. The van der Waals surface area contributed by atoms with Gasteiger partial charge in [-0.3, -0.25) is 4.79 Å². The maximum atomic E-state index is 13.7. The molecule has 278 valence electrons. The molecule has 7 rings (SSSR count). The van der Waals surface area contributed by atoms with Crippen LogP contribution in [0.15, 0.2) is 28.7 Å². The second-order valence-corrected chi connectivity index (χ2v) is 16.0. The lowest BCUT2D eigenvalue weighted by Crippen LogP contribution is -2.49. The lowest BCUT2D eigenvalue weighted by atomic mass is 9.66. The Bertz CT molecular complexity index is 1690. The number of nitrogens with zero attached hydrogens (tertiary/aromatic N) is 2. The van der Waals surface area contributed by atoms with Crippen LogP contribution in [0.25, 0.3) is 0 Å². The first-order chi connectivity index (χ1) is 24.7. The highest BCUT2D eigenvalue weighted by Crippen LogP contribution is 2.56. The van der Waals surface area contributed by atoms with Crippen molar-refractivity contribution in [3.63, 3.8) is 0 Å². The van der Waals surface area contributed by atoms with Crippen LogP contribution in [0.4, 0.5) is 0 Å². The van der Waals surface area contributed by atoms with E-state index < -0.39 is 28.0 Å². The molecule has 12 nitrogen and oxygen atoms in total. The smallest absolute Gasteiger partial charge is 0.310 e. The van der Waals surface area contributed by atoms with Gasteiger partial charge in [-0.15, -0.1) is 0 Å². The van der Waals surface area contributed by atoms with Crippen LogP contribution in [-0.2, 0) is 24.3 Å². The number of sulfonamides is 1. The van der Waals surface area contributed by atoms with Crippen molar-refractivity contribution in [2.45, 2.75) is 94.7 Å². The standard InChI is InChI=1S/C38H50N2O10S/c1-44-31-17-23(18-32(45-2)37(31)46-3)34-26-19-29-30(50-22-49-29)20-27(26)36(28-21-48-38(41)35(28)34)47-16-15-33(39-51(4,42)43)40(24-11-7-5-8-12-24)25-13-9-6-10-14-25/h17-20,24-25,28,34-36H,5-16,21-22H2,1-4H3/t28-,34+,35-,36+/m0/s1. The number of esters is 1. The Hall–Kier alpha value is -3.71. The van der Waals surface area contributed by atoms with E-state index in [2.05, 4.69) is 9.30 Å². The van der Waals surface area contributed by atoms with Gasteiger partial charge in [-0.1, -0.05) is 38.5 Å². The molecule has 4 atom stereocenters. The van der Waals surface area contributed by atoms with E-state index in [0.29, 0.717) is 41.0 Å². The van der Waals surface area contributed by atoms with Gasteiger partial charge in [0.1, 0.15) is 5.84 Å². The van der Waals surface area contributed by atoms with Crippen molar-refractivity contribution in [1.82, 2.24) is 4.90 Å². The van der Waals surface area contributed by atoms with Crippen molar-refractivity contribution in [3.8, 4) is 28.7 Å². The summed E-state index contributed by atoms with van der Waals surface area (Å²) in [7, 11) is 1.02. The Labute approximate surface area is 300 Å². The lowest BCUT2D eigenvalue weighted by molar-refractivity contribution is -0.141. The van der Waals surface area contributed by atoms with Crippen molar-refractivity contribution >= 4 is 21.8 Å². The summed E-state index contributed by atoms with van der Waals surface area (Å²) in [6.45, 7) is 0.496. The van der Waals surface area contributed by atoms with Crippen LogP contribution in [0.2, 0.25) is 0 Å². The Morgan fingerprint density at radius 3 is 1.96 bits per heavy atom. The molecule has 2 aliphatic heterocycles. The minimum absolute atomic E-state index is 0.0942. The molecule has 5 aliphatic rings. The van der Waals surface area contributed by atoms with E-state index in [1.54, 1.807) is 21.3 Å². The number of carbonyl (C=O) groups excluding carboxylic acids is 1. The number of carbonyl (C=O) groups is 1. The largest absolute Gasteiger partial charge is 0.493 e. The Morgan fingerprint density at radius 1 is 0.824 bits per heavy atom. The second kappa shape index (κ2) is 15.1. The highest BCUT2D eigenvalue weighted by atomic mass is 32.2. The summed E-state index contributed by atoms with van der Waals surface area (Å²) in [5.41, 5.74) is 2.53. The topological polar surface area (TPSA) is 131 Å². The van der Waals surface area contributed by atoms with Crippen molar-refractivity contribution in [1.29, 1.82) is 0 Å². The van der Waals surface area contributed by atoms with E-state index in [1.807, 2.05) is 24.3 Å². The second-order valence-electron chi connectivity index (χ2n) is 14.4. The fraction of sp³-hybridized carbons (Fsp3) is 0.632. The predicted molar refractivity (Wildman–Crippen MR) is 190 cm³/mol. The number of ether oxygens (including phenoxy) is 7. The fourth-order valence-corrected chi connectivity index (χ4v) is 9.70. The van der Waals surface area contributed by atoms with Gasteiger partial charge in [-0.05, 0) is 66.6 Å². The van der Waals surface area contributed by atoms with Gasteiger partial charge in [0.05, 0.1) is 52.8 Å². The summed E-state index contributed by atoms with van der Waals surface area (Å²) < 4.78 is 71.2. The summed E-state index contributed by atoms with van der Waals surface area (Å²) in [4.78, 5) is 16.0. The molecular weight excluding hydrogens is 676 g/mol. The number of cyclic esters (lactones) is 1. The Morgan fingerprint density at radius 2 is 1.41 bits per heavy atom. The minimum Gasteiger partial charge on any atom is -0.493 e.